The minimum absolute atomic E-state index is 0.478. The fraction of sp³-hybridized carbons (Fsp3) is 0.333. The van der Waals surface area contributed by atoms with Gasteiger partial charge < -0.3 is 10.2 Å². The van der Waals surface area contributed by atoms with Crippen molar-refractivity contribution in [2.45, 2.75) is 13.8 Å². The Morgan fingerprint density at radius 2 is 1.65 bits per heavy atom. The SMILES string of the molecule is C/C(=C\C=C(\C(=O)O)C(C)C(=O)O)S(=O)(=O)O. The molecule has 1 atom stereocenters. The van der Waals surface area contributed by atoms with Crippen LogP contribution in [0.2, 0.25) is 0 Å². The average Bonchev–Trinajstić information content (AvgIpc) is 2.15. The van der Waals surface area contributed by atoms with Gasteiger partial charge in [0.1, 0.15) is 0 Å². The number of allylic oxidation sites excluding steroid dienone is 3. The van der Waals surface area contributed by atoms with E-state index in [4.69, 9.17) is 14.8 Å². The highest BCUT2D eigenvalue weighted by Crippen LogP contribution is 2.13. The molecule has 7 nitrogen and oxygen atoms in total. The van der Waals surface area contributed by atoms with Crippen LogP contribution in [0.4, 0.5) is 0 Å². The zero-order valence-corrected chi connectivity index (χ0v) is 9.93. The van der Waals surface area contributed by atoms with Gasteiger partial charge in [0.05, 0.1) is 16.4 Å². The molecule has 0 amide bonds. The quantitative estimate of drug-likeness (QED) is 0.374. The Kier molecular flexibility index (Phi) is 5.05. The molecule has 0 bridgehead atoms. The molecule has 0 radical (unpaired) electrons. The average molecular weight is 264 g/mol. The second-order valence-corrected chi connectivity index (χ2v) is 4.83. The second-order valence-electron chi connectivity index (χ2n) is 3.24. The van der Waals surface area contributed by atoms with Gasteiger partial charge in [-0.2, -0.15) is 8.42 Å². The van der Waals surface area contributed by atoms with Crippen LogP contribution in [0, 0.1) is 5.92 Å². The smallest absolute Gasteiger partial charge is 0.332 e. The molecule has 0 aromatic heterocycles. The molecule has 0 aromatic rings. The van der Waals surface area contributed by atoms with E-state index in [0.717, 1.165) is 26.0 Å². The molecule has 8 heteroatoms. The largest absolute Gasteiger partial charge is 0.481 e. The second kappa shape index (κ2) is 5.60. The highest BCUT2D eigenvalue weighted by Gasteiger charge is 2.22. The molecule has 0 saturated carbocycles. The fourth-order valence-corrected chi connectivity index (χ4v) is 1.07. The number of rotatable bonds is 5. The summed E-state index contributed by atoms with van der Waals surface area (Å²) in [5, 5.41) is 17.4. The molecule has 3 N–H and O–H groups in total. The Morgan fingerprint density at radius 3 is 1.94 bits per heavy atom. The maximum absolute atomic E-state index is 10.7. The molecule has 0 rings (SSSR count). The van der Waals surface area contributed by atoms with Crippen molar-refractivity contribution in [1.29, 1.82) is 0 Å². The van der Waals surface area contributed by atoms with Crippen molar-refractivity contribution in [3.05, 3.63) is 22.6 Å². The van der Waals surface area contributed by atoms with Gasteiger partial charge >= 0.3 is 11.9 Å². The van der Waals surface area contributed by atoms with E-state index in [1.54, 1.807) is 0 Å². The predicted octanol–water partition coefficient (Wildman–Crippen LogP) is 0.510. The summed E-state index contributed by atoms with van der Waals surface area (Å²) in [5.41, 5.74) is -0.486. The zero-order chi connectivity index (χ0) is 13.8. The summed E-state index contributed by atoms with van der Waals surface area (Å²) in [6.07, 6.45) is 1.67. The van der Waals surface area contributed by atoms with Crippen LogP contribution in [-0.2, 0) is 19.7 Å². The Hall–Kier alpha value is -1.67. The molecule has 0 heterocycles. The lowest BCUT2D eigenvalue weighted by Gasteiger charge is -2.05. The van der Waals surface area contributed by atoms with E-state index in [9.17, 15) is 18.0 Å². The van der Waals surface area contributed by atoms with Crippen LogP contribution >= 0.6 is 0 Å². The van der Waals surface area contributed by atoms with Crippen molar-refractivity contribution in [2.24, 2.45) is 5.92 Å². The van der Waals surface area contributed by atoms with Gasteiger partial charge in [0, 0.05) is 0 Å². The monoisotopic (exact) mass is 264 g/mol. The van der Waals surface area contributed by atoms with Crippen LogP contribution in [0.15, 0.2) is 22.6 Å². The molecule has 0 spiro atoms. The number of hydrogen-bond acceptors (Lipinski definition) is 4. The zero-order valence-electron chi connectivity index (χ0n) is 9.11. The normalized spacial score (nSPS) is 15.5. The summed E-state index contributed by atoms with van der Waals surface area (Å²) in [5.74, 6) is -4.12. The Labute approximate surface area is 97.8 Å². The molecule has 0 saturated heterocycles. The van der Waals surface area contributed by atoms with Gasteiger partial charge in [-0.25, -0.2) is 4.79 Å². The van der Waals surface area contributed by atoms with E-state index < -0.39 is 38.5 Å². The number of hydrogen-bond donors (Lipinski definition) is 3. The van der Waals surface area contributed by atoms with Gasteiger partial charge in [-0.15, -0.1) is 0 Å². The number of aliphatic carboxylic acids is 2. The first-order valence-corrected chi connectivity index (χ1v) is 5.83. The number of carboxylic acid groups (broad SMARTS) is 2. The summed E-state index contributed by atoms with van der Waals surface area (Å²) >= 11 is 0. The summed E-state index contributed by atoms with van der Waals surface area (Å²) < 4.78 is 29.8. The third-order valence-electron chi connectivity index (χ3n) is 1.99. The molecule has 0 aliphatic carbocycles. The molecular weight excluding hydrogens is 252 g/mol. The van der Waals surface area contributed by atoms with E-state index in [0.29, 0.717) is 0 Å². The molecule has 96 valence electrons. The molecule has 0 fully saturated rings. The van der Waals surface area contributed by atoms with Gasteiger partial charge in [0.2, 0.25) is 0 Å². The summed E-state index contributed by atoms with van der Waals surface area (Å²) in [7, 11) is -4.39. The standard InChI is InChI=1S/C9H12O7S/c1-5(17(14,15)16)3-4-7(9(12)13)6(2)8(10)11/h3-4,6H,1-2H3,(H,10,11)(H,12,13)(H,14,15,16)/b5-3+,7-4+. The van der Waals surface area contributed by atoms with E-state index in [1.807, 2.05) is 0 Å². The van der Waals surface area contributed by atoms with Crippen molar-refractivity contribution < 1.29 is 32.8 Å². The van der Waals surface area contributed by atoms with Gasteiger partial charge in [-0.3, -0.25) is 9.35 Å². The van der Waals surface area contributed by atoms with Gasteiger partial charge in [0.25, 0.3) is 10.1 Å². The lowest BCUT2D eigenvalue weighted by molar-refractivity contribution is -0.143. The Morgan fingerprint density at radius 1 is 1.18 bits per heavy atom. The third kappa shape index (κ3) is 4.79. The first kappa shape index (κ1) is 15.3. The third-order valence-corrected chi connectivity index (χ3v) is 2.94. The summed E-state index contributed by atoms with van der Waals surface area (Å²) in [6, 6.07) is 0. The van der Waals surface area contributed by atoms with Crippen molar-refractivity contribution in [3.8, 4) is 0 Å². The van der Waals surface area contributed by atoms with Gasteiger partial charge in [-0.1, -0.05) is 0 Å². The van der Waals surface area contributed by atoms with Crippen molar-refractivity contribution in [1.82, 2.24) is 0 Å². The number of carbonyl (C=O) groups is 2. The van der Waals surface area contributed by atoms with Crippen LogP contribution < -0.4 is 0 Å². The Bertz CT molecular complexity index is 483. The lowest BCUT2D eigenvalue weighted by atomic mass is 10.0. The van der Waals surface area contributed by atoms with Crippen LogP contribution in [0.3, 0.4) is 0 Å². The van der Waals surface area contributed by atoms with Crippen LogP contribution in [0.5, 0.6) is 0 Å². The summed E-state index contributed by atoms with van der Waals surface area (Å²) in [4.78, 5) is 20.9. The minimum atomic E-state index is -4.39. The molecule has 17 heavy (non-hydrogen) atoms. The van der Waals surface area contributed by atoms with E-state index in [2.05, 4.69) is 0 Å². The van der Waals surface area contributed by atoms with Crippen molar-refractivity contribution in [2.75, 3.05) is 0 Å². The van der Waals surface area contributed by atoms with Gasteiger partial charge in [0.15, 0.2) is 0 Å². The molecule has 1 unspecified atom stereocenters. The van der Waals surface area contributed by atoms with Crippen LogP contribution in [0.25, 0.3) is 0 Å². The molecule has 0 aliphatic rings. The highest BCUT2D eigenvalue weighted by molar-refractivity contribution is 7.89. The summed E-state index contributed by atoms with van der Waals surface area (Å²) in [6.45, 7) is 2.20. The first-order chi connectivity index (χ1) is 7.57. The van der Waals surface area contributed by atoms with E-state index in [-0.39, 0.29) is 0 Å². The van der Waals surface area contributed by atoms with E-state index in [1.165, 1.54) is 0 Å². The highest BCUT2D eigenvalue weighted by atomic mass is 32.2. The number of carboxylic acids is 2. The Balaban J connectivity index is 5.39. The molecule has 0 aromatic carbocycles. The maximum atomic E-state index is 10.7. The van der Waals surface area contributed by atoms with Crippen molar-refractivity contribution >= 4 is 22.1 Å². The van der Waals surface area contributed by atoms with E-state index >= 15 is 0 Å². The van der Waals surface area contributed by atoms with Crippen LogP contribution in [-0.4, -0.2) is 35.1 Å². The van der Waals surface area contributed by atoms with Crippen molar-refractivity contribution in [3.63, 3.8) is 0 Å². The first-order valence-electron chi connectivity index (χ1n) is 4.39. The fourth-order valence-electron chi connectivity index (χ4n) is 0.827. The van der Waals surface area contributed by atoms with Gasteiger partial charge in [-0.05, 0) is 26.0 Å². The van der Waals surface area contributed by atoms with Crippen LogP contribution in [0.1, 0.15) is 13.8 Å². The topological polar surface area (TPSA) is 129 Å². The maximum Gasteiger partial charge on any atom is 0.332 e. The minimum Gasteiger partial charge on any atom is -0.481 e. The molecule has 0 aliphatic heterocycles. The molecular formula is C9H12O7S. The predicted molar refractivity (Wildman–Crippen MR) is 57.8 cm³/mol. The lowest BCUT2D eigenvalue weighted by Crippen LogP contribution is -2.18.